The van der Waals surface area contributed by atoms with E-state index < -0.39 is 23.7 Å². The molecule has 0 unspecified atom stereocenters. The van der Waals surface area contributed by atoms with Gasteiger partial charge in [0.2, 0.25) is 5.91 Å². The molecule has 0 saturated carbocycles. The van der Waals surface area contributed by atoms with Crippen molar-refractivity contribution in [3.8, 4) is 5.75 Å². The Labute approximate surface area is 156 Å². The van der Waals surface area contributed by atoms with Crippen molar-refractivity contribution >= 4 is 16.7 Å². The summed E-state index contributed by atoms with van der Waals surface area (Å²) in [6.45, 7) is 5.61. The summed E-state index contributed by atoms with van der Waals surface area (Å²) in [5, 5.41) is 2.18. The number of hydrazine groups is 1. The average molecular weight is 380 g/mol. The maximum atomic E-state index is 14.2. The highest BCUT2D eigenvalue weighted by molar-refractivity contribution is 5.88. The highest BCUT2D eigenvalue weighted by Gasteiger charge is 2.53. The van der Waals surface area contributed by atoms with Gasteiger partial charge in [0.15, 0.2) is 6.04 Å². The predicted molar refractivity (Wildman–Crippen MR) is 97.2 cm³/mol. The van der Waals surface area contributed by atoms with Crippen LogP contribution in [0.3, 0.4) is 0 Å². The van der Waals surface area contributed by atoms with Gasteiger partial charge < -0.3 is 4.74 Å². The molecule has 1 N–H and O–H groups in total. The van der Waals surface area contributed by atoms with Gasteiger partial charge in [0, 0.05) is 12.0 Å². The molecule has 1 fully saturated rings. The summed E-state index contributed by atoms with van der Waals surface area (Å²) < 4.78 is 48.2. The number of nitrogens with one attached hydrogen (secondary N) is 1. The summed E-state index contributed by atoms with van der Waals surface area (Å²) in [7, 11) is 0. The van der Waals surface area contributed by atoms with E-state index in [9.17, 15) is 18.0 Å². The van der Waals surface area contributed by atoms with Crippen LogP contribution in [0.4, 0.5) is 13.2 Å². The topological polar surface area (TPSA) is 41.6 Å². The van der Waals surface area contributed by atoms with E-state index in [0.29, 0.717) is 23.1 Å². The number of carbonyl (C=O) groups excluding carboxylic acids is 1. The van der Waals surface area contributed by atoms with Crippen LogP contribution in [0.2, 0.25) is 0 Å². The van der Waals surface area contributed by atoms with Crippen LogP contribution >= 0.6 is 0 Å². The zero-order chi connectivity index (χ0) is 19.8. The Morgan fingerprint density at radius 2 is 1.96 bits per heavy atom. The molecule has 1 amide bonds. The first-order valence-electron chi connectivity index (χ1n) is 8.94. The summed E-state index contributed by atoms with van der Waals surface area (Å²) in [6, 6.07) is 8.12. The second kappa shape index (κ2) is 7.03. The Bertz CT molecular complexity index is 849. The maximum Gasteiger partial charge on any atom is 0.409 e. The van der Waals surface area contributed by atoms with Crippen LogP contribution in [-0.2, 0) is 4.79 Å². The minimum atomic E-state index is -4.58. The van der Waals surface area contributed by atoms with E-state index in [1.807, 2.05) is 6.92 Å². The Kier molecular flexibility index (Phi) is 5.08. The number of fused-ring (bicyclic) bond motifs is 1. The average Bonchev–Trinajstić information content (AvgIpc) is 2.84. The summed E-state index contributed by atoms with van der Waals surface area (Å²) in [5.74, 6) is -0.0277. The molecule has 0 radical (unpaired) electrons. The zero-order valence-electron chi connectivity index (χ0n) is 15.6. The van der Waals surface area contributed by atoms with Crippen molar-refractivity contribution in [3.63, 3.8) is 0 Å². The van der Waals surface area contributed by atoms with Gasteiger partial charge in [0.1, 0.15) is 5.75 Å². The summed E-state index contributed by atoms with van der Waals surface area (Å²) in [4.78, 5) is 11.9. The van der Waals surface area contributed by atoms with E-state index in [0.717, 1.165) is 11.4 Å². The van der Waals surface area contributed by atoms with Crippen LogP contribution in [0.25, 0.3) is 10.8 Å². The quantitative estimate of drug-likeness (QED) is 0.814. The lowest BCUT2D eigenvalue weighted by Gasteiger charge is -2.38. The Balaban J connectivity index is 2.20. The molecule has 1 aliphatic rings. The van der Waals surface area contributed by atoms with Crippen molar-refractivity contribution in [2.75, 3.05) is 6.61 Å². The van der Waals surface area contributed by atoms with E-state index in [2.05, 4.69) is 5.43 Å². The predicted octanol–water partition coefficient (Wildman–Crippen LogP) is 4.75. The molecule has 1 saturated heterocycles. The van der Waals surface area contributed by atoms with E-state index >= 15 is 0 Å². The standard InChI is InChI=1S/C20H23F3N2O2/c1-4-9-27-14-10-13-7-5-6-8-15(13)16(11-14)18(20(21,22)23)25-19(2,3)12-17(26)24-25/h5-8,10-11,18H,4,9,12H2,1-3H3,(H,24,26)/t18-/m0/s1. The lowest BCUT2D eigenvalue weighted by atomic mass is 9.93. The summed E-state index contributed by atoms with van der Waals surface area (Å²) in [6.07, 6.45) is -3.83. The number of rotatable bonds is 5. The molecule has 4 nitrogen and oxygen atoms in total. The van der Waals surface area contributed by atoms with Crippen LogP contribution in [-0.4, -0.2) is 29.2 Å². The van der Waals surface area contributed by atoms with Crippen LogP contribution in [0.1, 0.15) is 45.2 Å². The number of hydrogen-bond acceptors (Lipinski definition) is 3. The SMILES string of the molecule is CCCOc1cc([C@H](N2NC(=O)CC2(C)C)C(F)(F)F)c2ccccc2c1. The van der Waals surface area contributed by atoms with E-state index in [4.69, 9.17) is 4.74 Å². The highest BCUT2D eigenvalue weighted by Crippen LogP contribution is 2.45. The van der Waals surface area contributed by atoms with Crippen molar-refractivity contribution in [2.45, 2.75) is 51.4 Å². The number of halogens is 3. The van der Waals surface area contributed by atoms with Crippen molar-refractivity contribution in [1.82, 2.24) is 10.4 Å². The first-order valence-corrected chi connectivity index (χ1v) is 8.94. The minimum Gasteiger partial charge on any atom is -0.494 e. The molecule has 27 heavy (non-hydrogen) atoms. The monoisotopic (exact) mass is 380 g/mol. The second-order valence-corrected chi connectivity index (χ2v) is 7.42. The number of carbonyl (C=O) groups is 1. The molecule has 1 atom stereocenters. The molecule has 7 heteroatoms. The Morgan fingerprint density at radius 1 is 1.26 bits per heavy atom. The Morgan fingerprint density at radius 3 is 2.56 bits per heavy atom. The van der Waals surface area contributed by atoms with Gasteiger partial charge in [-0.1, -0.05) is 31.2 Å². The summed E-state index contributed by atoms with van der Waals surface area (Å²) >= 11 is 0. The van der Waals surface area contributed by atoms with Crippen LogP contribution in [0, 0.1) is 0 Å². The number of nitrogens with zero attached hydrogens (tertiary/aromatic N) is 1. The minimum absolute atomic E-state index is 0.00351. The smallest absolute Gasteiger partial charge is 0.409 e. The first-order chi connectivity index (χ1) is 12.6. The normalized spacial score (nSPS) is 18.5. The molecule has 2 aromatic rings. The lowest BCUT2D eigenvalue weighted by molar-refractivity contribution is -0.203. The molecular weight excluding hydrogens is 357 g/mol. The van der Waals surface area contributed by atoms with Gasteiger partial charge in [0.25, 0.3) is 0 Å². The molecule has 0 aromatic heterocycles. The number of hydrogen-bond donors (Lipinski definition) is 1. The zero-order valence-corrected chi connectivity index (χ0v) is 15.6. The van der Waals surface area contributed by atoms with E-state index in [-0.39, 0.29) is 12.0 Å². The summed E-state index contributed by atoms with van der Waals surface area (Å²) in [5.41, 5.74) is 1.51. The molecule has 1 aliphatic heterocycles. The van der Waals surface area contributed by atoms with Crippen LogP contribution < -0.4 is 10.2 Å². The van der Waals surface area contributed by atoms with Crippen molar-refractivity contribution in [1.29, 1.82) is 0 Å². The molecule has 146 valence electrons. The third-order valence-electron chi connectivity index (χ3n) is 4.69. The van der Waals surface area contributed by atoms with Crippen molar-refractivity contribution < 1.29 is 22.7 Å². The fourth-order valence-electron chi connectivity index (χ4n) is 3.52. The molecule has 0 spiro atoms. The fourth-order valence-corrected chi connectivity index (χ4v) is 3.52. The first kappa shape index (κ1) is 19.5. The lowest BCUT2D eigenvalue weighted by Crippen LogP contribution is -2.51. The van der Waals surface area contributed by atoms with Crippen molar-refractivity contribution in [2.24, 2.45) is 0 Å². The molecule has 0 bridgehead atoms. The van der Waals surface area contributed by atoms with Crippen LogP contribution in [0.5, 0.6) is 5.75 Å². The third-order valence-corrected chi connectivity index (χ3v) is 4.69. The van der Waals surface area contributed by atoms with Gasteiger partial charge >= 0.3 is 6.18 Å². The number of ether oxygens (including phenoxy) is 1. The van der Waals surface area contributed by atoms with Gasteiger partial charge in [-0.05, 0) is 48.7 Å². The Hall–Kier alpha value is -2.28. The highest BCUT2D eigenvalue weighted by atomic mass is 19.4. The fraction of sp³-hybridized carbons (Fsp3) is 0.450. The van der Waals surface area contributed by atoms with E-state index in [1.54, 1.807) is 44.2 Å². The van der Waals surface area contributed by atoms with Gasteiger partial charge in [0.05, 0.1) is 6.61 Å². The van der Waals surface area contributed by atoms with Crippen molar-refractivity contribution in [3.05, 3.63) is 42.0 Å². The number of alkyl halides is 3. The maximum absolute atomic E-state index is 14.2. The molecule has 0 aliphatic carbocycles. The third kappa shape index (κ3) is 3.88. The van der Waals surface area contributed by atoms with Gasteiger partial charge in [-0.3, -0.25) is 10.2 Å². The molecule has 3 rings (SSSR count). The van der Waals surface area contributed by atoms with E-state index in [1.165, 1.54) is 6.07 Å². The van der Waals surface area contributed by atoms with Crippen LogP contribution in [0.15, 0.2) is 36.4 Å². The largest absolute Gasteiger partial charge is 0.494 e. The van der Waals surface area contributed by atoms with Gasteiger partial charge in [-0.15, -0.1) is 0 Å². The molecule has 2 aromatic carbocycles. The number of amides is 1. The number of benzene rings is 2. The second-order valence-electron chi connectivity index (χ2n) is 7.42. The van der Waals surface area contributed by atoms with Gasteiger partial charge in [-0.2, -0.15) is 18.2 Å². The molecule has 1 heterocycles. The molecular formula is C20H23F3N2O2. The van der Waals surface area contributed by atoms with Gasteiger partial charge in [-0.25, -0.2) is 0 Å².